The first-order valence-corrected chi connectivity index (χ1v) is 8.87. The summed E-state index contributed by atoms with van der Waals surface area (Å²) >= 11 is 12.9. The second-order valence-electron chi connectivity index (χ2n) is 7.65. The lowest BCUT2D eigenvalue weighted by Gasteiger charge is -2.59. The van der Waals surface area contributed by atoms with E-state index in [0.717, 1.165) is 32.1 Å². The molecule has 4 aliphatic rings. The quantitative estimate of drug-likeness (QED) is 0.785. The molecular weight excluding hydrogens is 331 g/mol. The Bertz CT molecular complexity index is 710. The molecule has 2 unspecified atom stereocenters. The summed E-state index contributed by atoms with van der Waals surface area (Å²) in [5.41, 5.74) is 0.740. The molecule has 3 nitrogen and oxygen atoms in total. The van der Waals surface area contributed by atoms with Gasteiger partial charge in [0.15, 0.2) is 0 Å². The van der Waals surface area contributed by atoms with Crippen LogP contribution < -0.4 is 5.32 Å². The van der Waals surface area contributed by atoms with Crippen LogP contribution in [0.25, 0.3) is 0 Å². The van der Waals surface area contributed by atoms with Gasteiger partial charge in [-0.3, -0.25) is 4.79 Å². The molecular formula is C18H18Cl2N2O. The van der Waals surface area contributed by atoms with E-state index in [2.05, 4.69) is 5.32 Å². The smallest absolute Gasteiger partial charge is 0.230 e. The Morgan fingerprint density at radius 2 is 1.96 bits per heavy atom. The summed E-state index contributed by atoms with van der Waals surface area (Å²) < 4.78 is 0. The Kier molecular flexibility index (Phi) is 3.41. The minimum atomic E-state index is -0.327. The van der Waals surface area contributed by atoms with Gasteiger partial charge in [-0.25, -0.2) is 0 Å². The molecule has 4 bridgehead atoms. The Hall–Kier alpha value is -1.24. The maximum Gasteiger partial charge on any atom is 0.230 e. The van der Waals surface area contributed by atoms with Gasteiger partial charge in [-0.1, -0.05) is 11.6 Å². The summed E-state index contributed by atoms with van der Waals surface area (Å²) in [6.45, 7) is 0. The number of nitrogens with zero attached hydrogens (tertiary/aromatic N) is 1. The van der Waals surface area contributed by atoms with E-state index in [1.54, 1.807) is 18.2 Å². The minimum Gasteiger partial charge on any atom is -0.326 e. The van der Waals surface area contributed by atoms with Crippen molar-refractivity contribution in [1.82, 2.24) is 0 Å². The fourth-order valence-corrected chi connectivity index (χ4v) is 6.28. The van der Waals surface area contributed by atoms with Crippen molar-refractivity contribution < 1.29 is 4.79 Å². The molecule has 0 aliphatic heterocycles. The highest BCUT2D eigenvalue weighted by atomic mass is 35.5. The third-order valence-corrected chi connectivity index (χ3v) is 6.57. The zero-order valence-corrected chi connectivity index (χ0v) is 14.3. The summed E-state index contributed by atoms with van der Waals surface area (Å²) in [6.07, 6.45) is 6.03. The van der Waals surface area contributed by atoms with Gasteiger partial charge in [0, 0.05) is 10.6 Å². The third kappa shape index (κ3) is 2.53. The van der Waals surface area contributed by atoms with Crippen LogP contribution in [-0.4, -0.2) is 10.8 Å². The molecule has 23 heavy (non-hydrogen) atoms. The summed E-state index contributed by atoms with van der Waals surface area (Å²) in [5.74, 6) is 1.24. The van der Waals surface area contributed by atoms with Crippen molar-refractivity contribution in [2.24, 2.45) is 17.3 Å². The Morgan fingerprint density at radius 3 is 2.52 bits per heavy atom. The number of nitrogens with one attached hydrogen (secondary N) is 1. The number of carbonyl (C=O) groups is 1. The van der Waals surface area contributed by atoms with Crippen molar-refractivity contribution in [3.8, 4) is 6.07 Å². The molecule has 0 radical (unpaired) electrons. The third-order valence-electron chi connectivity index (χ3n) is 5.82. The zero-order valence-electron chi connectivity index (χ0n) is 12.7. The maximum atomic E-state index is 13.0. The first-order chi connectivity index (χ1) is 10.9. The molecule has 4 fully saturated rings. The number of hydrogen-bond donors (Lipinski definition) is 1. The number of halogens is 2. The van der Waals surface area contributed by atoms with Gasteiger partial charge in [-0.15, -0.1) is 11.6 Å². The van der Waals surface area contributed by atoms with Crippen molar-refractivity contribution in [1.29, 1.82) is 5.26 Å². The fraction of sp³-hybridized carbons (Fsp3) is 0.556. The topological polar surface area (TPSA) is 52.9 Å². The average molecular weight is 349 g/mol. The van der Waals surface area contributed by atoms with E-state index >= 15 is 0 Å². The second kappa shape index (κ2) is 5.13. The number of carbonyl (C=O) groups excluding carboxylic acids is 1. The van der Waals surface area contributed by atoms with Crippen molar-refractivity contribution in [3.05, 3.63) is 28.8 Å². The van der Waals surface area contributed by atoms with Crippen LogP contribution >= 0.6 is 23.2 Å². The molecule has 5 rings (SSSR count). The van der Waals surface area contributed by atoms with Gasteiger partial charge in [0.2, 0.25) is 5.91 Å². The van der Waals surface area contributed by atoms with Crippen LogP contribution in [0.1, 0.15) is 44.1 Å². The second-order valence-corrected chi connectivity index (χ2v) is 8.86. The number of rotatable bonds is 2. The van der Waals surface area contributed by atoms with Crippen LogP contribution in [0.4, 0.5) is 5.69 Å². The summed E-state index contributed by atoms with van der Waals surface area (Å²) in [6, 6.07) is 7.05. The van der Waals surface area contributed by atoms with Gasteiger partial charge in [0.05, 0.1) is 16.0 Å². The standard InChI is InChI=1S/C18H18Cl2N2O/c19-15-4-14(2-1-13(15)9-21)22-16(23)17-5-11-3-12(6-17)8-18(20,7-11)10-17/h1-2,4,11-12H,3,5-8,10H2,(H,22,23). The van der Waals surface area contributed by atoms with E-state index in [9.17, 15) is 4.79 Å². The van der Waals surface area contributed by atoms with Crippen molar-refractivity contribution in [3.63, 3.8) is 0 Å². The molecule has 5 heteroatoms. The van der Waals surface area contributed by atoms with Crippen LogP contribution in [0.5, 0.6) is 0 Å². The highest BCUT2D eigenvalue weighted by Crippen LogP contribution is 2.64. The summed E-state index contributed by atoms with van der Waals surface area (Å²) in [7, 11) is 0. The highest BCUT2D eigenvalue weighted by molar-refractivity contribution is 6.32. The molecule has 0 heterocycles. The molecule has 1 amide bonds. The first-order valence-electron chi connectivity index (χ1n) is 8.11. The predicted octanol–water partition coefficient (Wildman–Crippen LogP) is 4.73. The summed E-state index contributed by atoms with van der Waals surface area (Å²) in [4.78, 5) is 12.8. The van der Waals surface area contributed by atoms with Gasteiger partial charge in [0.25, 0.3) is 0 Å². The Morgan fingerprint density at radius 1 is 1.26 bits per heavy atom. The molecule has 4 saturated carbocycles. The Labute approximate surface area is 146 Å². The minimum absolute atomic E-state index is 0.0670. The number of amides is 1. The molecule has 1 aromatic carbocycles. The van der Waals surface area contributed by atoms with Crippen molar-refractivity contribution in [2.45, 2.75) is 43.4 Å². The number of benzene rings is 1. The fourth-order valence-electron chi connectivity index (χ4n) is 5.36. The molecule has 0 spiro atoms. The normalized spacial score (nSPS) is 37.4. The summed E-state index contributed by atoms with van der Waals surface area (Å²) in [5, 5.41) is 12.3. The van der Waals surface area contributed by atoms with Gasteiger partial charge in [-0.05, 0) is 68.6 Å². The van der Waals surface area contributed by atoms with Crippen LogP contribution in [0.3, 0.4) is 0 Å². The molecule has 1 N–H and O–H groups in total. The SMILES string of the molecule is N#Cc1ccc(NC(=O)C23CC4CC(CC(Cl)(C4)C2)C3)cc1Cl. The first kappa shape index (κ1) is 15.3. The van der Waals surface area contributed by atoms with Gasteiger partial charge in [-0.2, -0.15) is 5.26 Å². The van der Waals surface area contributed by atoms with E-state index in [1.165, 1.54) is 6.42 Å². The van der Waals surface area contributed by atoms with Crippen LogP contribution in [0.2, 0.25) is 5.02 Å². The molecule has 4 aliphatic carbocycles. The van der Waals surface area contributed by atoms with E-state index in [-0.39, 0.29) is 16.2 Å². The molecule has 120 valence electrons. The number of nitriles is 1. The van der Waals surface area contributed by atoms with E-state index in [1.807, 2.05) is 6.07 Å². The van der Waals surface area contributed by atoms with Crippen molar-refractivity contribution in [2.75, 3.05) is 5.32 Å². The largest absolute Gasteiger partial charge is 0.326 e. The van der Waals surface area contributed by atoms with E-state index in [0.29, 0.717) is 28.1 Å². The van der Waals surface area contributed by atoms with E-state index < -0.39 is 0 Å². The predicted molar refractivity (Wildman–Crippen MR) is 90.5 cm³/mol. The van der Waals surface area contributed by atoms with E-state index in [4.69, 9.17) is 28.5 Å². The monoisotopic (exact) mass is 348 g/mol. The van der Waals surface area contributed by atoms with Gasteiger partial charge >= 0.3 is 0 Å². The van der Waals surface area contributed by atoms with Gasteiger partial charge in [0.1, 0.15) is 6.07 Å². The lowest BCUT2D eigenvalue weighted by atomic mass is 9.49. The van der Waals surface area contributed by atoms with Crippen LogP contribution in [0, 0.1) is 28.6 Å². The van der Waals surface area contributed by atoms with Crippen LogP contribution in [-0.2, 0) is 4.79 Å². The number of anilines is 1. The lowest BCUT2D eigenvalue weighted by Crippen LogP contribution is -2.57. The molecule has 0 aromatic heterocycles. The van der Waals surface area contributed by atoms with Gasteiger partial charge < -0.3 is 5.32 Å². The van der Waals surface area contributed by atoms with Crippen LogP contribution in [0.15, 0.2) is 18.2 Å². The zero-order chi connectivity index (χ0) is 16.2. The van der Waals surface area contributed by atoms with Crippen molar-refractivity contribution >= 4 is 34.8 Å². The molecule has 2 atom stereocenters. The number of alkyl halides is 1. The molecule has 0 saturated heterocycles. The Balaban J connectivity index is 1.58. The maximum absolute atomic E-state index is 13.0. The lowest BCUT2D eigenvalue weighted by molar-refractivity contribution is -0.138. The number of hydrogen-bond acceptors (Lipinski definition) is 2. The highest BCUT2D eigenvalue weighted by Gasteiger charge is 2.60. The molecule has 1 aromatic rings. The average Bonchev–Trinajstić information content (AvgIpc) is 2.44.